The maximum absolute atomic E-state index is 6.06. The van der Waals surface area contributed by atoms with Gasteiger partial charge in [0, 0.05) is 50.3 Å². The number of ether oxygens (including phenoxy) is 1. The first kappa shape index (κ1) is 21.7. The van der Waals surface area contributed by atoms with Crippen molar-refractivity contribution in [2.75, 3.05) is 52.5 Å². The van der Waals surface area contributed by atoms with Gasteiger partial charge in [0.05, 0.1) is 13.2 Å². The maximum atomic E-state index is 6.06. The molecule has 0 saturated carbocycles. The molecule has 3 rings (SSSR count). The van der Waals surface area contributed by atoms with Gasteiger partial charge in [-0.15, -0.1) is 24.0 Å². The second-order valence-corrected chi connectivity index (χ2v) is 7.09. The number of hydrogen-bond donors (Lipinski definition) is 1. The summed E-state index contributed by atoms with van der Waals surface area (Å²) in [4.78, 5) is 9.82. The van der Waals surface area contributed by atoms with E-state index in [0.717, 1.165) is 69.9 Å². The highest BCUT2D eigenvalue weighted by Gasteiger charge is 2.30. The fraction of sp³-hybridized carbons (Fsp3) is 0.632. The largest absolute Gasteiger partial charge is 0.379 e. The number of nitrogens with zero attached hydrogens (tertiary/aromatic N) is 3. The molecule has 1 aromatic rings. The zero-order chi connectivity index (χ0) is 17.5. The summed E-state index contributed by atoms with van der Waals surface area (Å²) in [6.45, 7) is 9.78. The van der Waals surface area contributed by atoms with Gasteiger partial charge in [-0.2, -0.15) is 0 Å². The number of hydrogen-bond acceptors (Lipinski definition) is 3. The smallest absolute Gasteiger partial charge is 0.193 e. The standard InChI is InChI=1S/C19H29ClN4O.HI/c1-2-21-19(22-8-6-16-4-3-5-17(20)14-16)24-9-7-18(15-24)23-10-12-25-13-11-23;/h3-5,14,18H,2,6-13,15H2,1H3,(H,21,22);1H. The van der Waals surface area contributed by atoms with E-state index in [4.69, 9.17) is 21.3 Å². The number of morpholine rings is 1. The summed E-state index contributed by atoms with van der Waals surface area (Å²) in [5.41, 5.74) is 1.24. The Morgan fingerprint density at radius 1 is 1.31 bits per heavy atom. The predicted molar refractivity (Wildman–Crippen MR) is 119 cm³/mol. The van der Waals surface area contributed by atoms with Crippen LogP contribution in [0.2, 0.25) is 5.02 Å². The molecule has 0 aromatic heterocycles. The summed E-state index contributed by atoms with van der Waals surface area (Å²) in [5.74, 6) is 1.04. The van der Waals surface area contributed by atoms with Crippen molar-refractivity contribution in [1.82, 2.24) is 15.1 Å². The molecule has 0 amide bonds. The Morgan fingerprint density at radius 3 is 2.85 bits per heavy atom. The van der Waals surface area contributed by atoms with Crippen molar-refractivity contribution in [1.29, 1.82) is 0 Å². The minimum atomic E-state index is 0. The van der Waals surface area contributed by atoms with Crippen molar-refractivity contribution in [3.8, 4) is 0 Å². The Hall–Kier alpha value is -0.570. The van der Waals surface area contributed by atoms with Gasteiger partial charge in [-0.1, -0.05) is 23.7 Å². The van der Waals surface area contributed by atoms with E-state index >= 15 is 0 Å². The first-order valence-electron chi connectivity index (χ1n) is 9.35. The van der Waals surface area contributed by atoms with E-state index in [9.17, 15) is 0 Å². The number of benzene rings is 1. The second kappa shape index (κ2) is 11.3. The van der Waals surface area contributed by atoms with Gasteiger partial charge in [0.25, 0.3) is 0 Å². The first-order chi connectivity index (χ1) is 12.3. The lowest BCUT2D eigenvalue weighted by Gasteiger charge is -2.32. The molecule has 0 bridgehead atoms. The zero-order valence-corrected chi connectivity index (χ0v) is 18.6. The second-order valence-electron chi connectivity index (χ2n) is 6.65. The molecule has 146 valence electrons. The number of rotatable bonds is 5. The van der Waals surface area contributed by atoms with E-state index in [1.54, 1.807) is 0 Å². The molecule has 2 saturated heterocycles. The third-order valence-electron chi connectivity index (χ3n) is 4.91. The minimum absolute atomic E-state index is 0. The van der Waals surface area contributed by atoms with Crippen LogP contribution in [0, 0.1) is 0 Å². The predicted octanol–water partition coefficient (Wildman–Crippen LogP) is 2.87. The summed E-state index contributed by atoms with van der Waals surface area (Å²) in [6, 6.07) is 8.67. The highest BCUT2D eigenvalue weighted by molar-refractivity contribution is 14.0. The van der Waals surface area contributed by atoms with Crippen LogP contribution in [0.3, 0.4) is 0 Å². The molecule has 5 nitrogen and oxygen atoms in total. The maximum Gasteiger partial charge on any atom is 0.193 e. The van der Waals surface area contributed by atoms with Crippen LogP contribution < -0.4 is 5.32 Å². The third kappa shape index (κ3) is 6.25. The molecule has 0 aliphatic carbocycles. The molecule has 2 fully saturated rings. The number of aliphatic imine (C=N–C) groups is 1. The molecule has 2 aliphatic rings. The molecule has 1 unspecified atom stereocenters. The molecular formula is C19H30ClIN4O. The lowest BCUT2D eigenvalue weighted by Crippen LogP contribution is -2.46. The monoisotopic (exact) mass is 492 g/mol. The van der Waals surface area contributed by atoms with Crippen LogP contribution in [0.25, 0.3) is 0 Å². The Labute approximate surface area is 179 Å². The zero-order valence-electron chi connectivity index (χ0n) is 15.5. The van der Waals surface area contributed by atoms with Crippen LogP contribution in [-0.4, -0.2) is 74.3 Å². The molecule has 1 atom stereocenters. The average Bonchev–Trinajstić information content (AvgIpc) is 3.12. The molecular weight excluding hydrogens is 463 g/mol. The average molecular weight is 493 g/mol. The van der Waals surface area contributed by atoms with Crippen LogP contribution in [0.4, 0.5) is 0 Å². The summed E-state index contributed by atoms with van der Waals surface area (Å²) >= 11 is 6.06. The molecule has 2 heterocycles. The molecule has 26 heavy (non-hydrogen) atoms. The van der Waals surface area contributed by atoms with Crippen molar-refractivity contribution >= 4 is 41.5 Å². The van der Waals surface area contributed by atoms with E-state index in [1.165, 1.54) is 12.0 Å². The highest BCUT2D eigenvalue weighted by Crippen LogP contribution is 2.17. The van der Waals surface area contributed by atoms with Crippen LogP contribution in [0.5, 0.6) is 0 Å². The Morgan fingerprint density at radius 2 is 2.12 bits per heavy atom. The number of guanidine groups is 1. The van der Waals surface area contributed by atoms with E-state index < -0.39 is 0 Å². The lowest BCUT2D eigenvalue weighted by atomic mass is 10.1. The van der Waals surface area contributed by atoms with Gasteiger partial charge in [-0.05, 0) is 37.5 Å². The number of likely N-dealkylation sites (tertiary alicyclic amines) is 1. The van der Waals surface area contributed by atoms with Gasteiger partial charge in [-0.25, -0.2) is 0 Å². The van der Waals surface area contributed by atoms with Crippen molar-refractivity contribution in [3.63, 3.8) is 0 Å². The highest BCUT2D eigenvalue weighted by atomic mass is 127. The number of halogens is 2. The topological polar surface area (TPSA) is 40.1 Å². The summed E-state index contributed by atoms with van der Waals surface area (Å²) in [6.07, 6.45) is 2.12. The molecule has 0 spiro atoms. The minimum Gasteiger partial charge on any atom is -0.379 e. The van der Waals surface area contributed by atoms with Gasteiger partial charge in [-0.3, -0.25) is 9.89 Å². The van der Waals surface area contributed by atoms with Gasteiger partial charge >= 0.3 is 0 Å². The van der Waals surface area contributed by atoms with Crippen molar-refractivity contribution in [2.24, 2.45) is 4.99 Å². The van der Waals surface area contributed by atoms with Crippen molar-refractivity contribution in [2.45, 2.75) is 25.8 Å². The SMILES string of the molecule is CCNC(=NCCc1cccc(Cl)c1)N1CCC(N2CCOCC2)C1.I. The number of nitrogens with one attached hydrogen (secondary N) is 1. The van der Waals surface area contributed by atoms with E-state index in [1.807, 2.05) is 18.2 Å². The molecule has 1 aromatic carbocycles. The Bertz CT molecular complexity index is 580. The quantitative estimate of drug-likeness (QED) is 0.390. The van der Waals surface area contributed by atoms with Crippen molar-refractivity contribution < 1.29 is 4.74 Å². The van der Waals surface area contributed by atoms with Crippen molar-refractivity contribution in [3.05, 3.63) is 34.9 Å². The molecule has 1 N–H and O–H groups in total. The Balaban J connectivity index is 0.00000243. The van der Waals surface area contributed by atoms with Crippen LogP contribution in [0.15, 0.2) is 29.3 Å². The van der Waals surface area contributed by atoms with Crippen LogP contribution in [0.1, 0.15) is 18.9 Å². The first-order valence-corrected chi connectivity index (χ1v) is 9.73. The van der Waals surface area contributed by atoms with Crippen LogP contribution >= 0.6 is 35.6 Å². The fourth-order valence-electron chi connectivity index (χ4n) is 3.58. The summed E-state index contributed by atoms with van der Waals surface area (Å²) in [7, 11) is 0. The normalized spacial score (nSPS) is 21.5. The van der Waals surface area contributed by atoms with Gasteiger partial charge in [0.1, 0.15) is 0 Å². The van der Waals surface area contributed by atoms with E-state index in [2.05, 4.69) is 28.1 Å². The summed E-state index contributed by atoms with van der Waals surface area (Å²) < 4.78 is 5.47. The molecule has 0 radical (unpaired) electrons. The van der Waals surface area contributed by atoms with Gasteiger partial charge < -0.3 is 15.0 Å². The van der Waals surface area contributed by atoms with Gasteiger partial charge in [0.15, 0.2) is 5.96 Å². The molecule has 2 aliphatic heterocycles. The molecule has 7 heteroatoms. The lowest BCUT2D eigenvalue weighted by molar-refractivity contribution is 0.0195. The third-order valence-corrected chi connectivity index (χ3v) is 5.15. The van der Waals surface area contributed by atoms with E-state index in [0.29, 0.717) is 6.04 Å². The summed E-state index contributed by atoms with van der Waals surface area (Å²) in [5, 5.41) is 4.25. The van der Waals surface area contributed by atoms with E-state index in [-0.39, 0.29) is 24.0 Å². The van der Waals surface area contributed by atoms with Crippen LogP contribution in [-0.2, 0) is 11.2 Å². The van der Waals surface area contributed by atoms with Gasteiger partial charge in [0.2, 0.25) is 0 Å². The Kier molecular flexibility index (Phi) is 9.45. The fourth-order valence-corrected chi connectivity index (χ4v) is 3.80.